The molecule has 0 unspecified atom stereocenters. The standard InChI is InChI=1S/C13H15P/c1-11-8-14(9-12(11)2)10-13-6-4-3-5-7-13/h3-9H,10H2,1-2H3. The third-order valence-electron chi connectivity index (χ3n) is 2.55. The second-order valence-corrected chi connectivity index (χ2v) is 5.64. The first-order valence-electron chi connectivity index (χ1n) is 4.92. The summed E-state index contributed by atoms with van der Waals surface area (Å²) >= 11 is 0. The van der Waals surface area contributed by atoms with E-state index in [1.165, 1.54) is 22.9 Å². The fraction of sp³-hybridized carbons (Fsp3) is 0.231. The van der Waals surface area contributed by atoms with Gasteiger partial charge >= 0.3 is 0 Å². The van der Waals surface area contributed by atoms with E-state index in [4.69, 9.17) is 0 Å². The normalized spacial score (nSPS) is 10.4. The van der Waals surface area contributed by atoms with Crippen molar-refractivity contribution >= 4 is 7.53 Å². The minimum atomic E-state index is -0.0242. The molecule has 0 nitrogen and oxygen atoms in total. The van der Waals surface area contributed by atoms with Crippen LogP contribution in [0.25, 0.3) is 0 Å². The minimum Gasteiger partial charge on any atom is -0.120 e. The lowest BCUT2D eigenvalue weighted by Gasteiger charge is -1.98. The number of hydrogen-bond donors (Lipinski definition) is 0. The van der Waals surface area contributed by atoms with Gasteiger partial charge in [-0.25, -0.2) is 0 Å². The zero-order valence-electron chi connectivity index (χ0n) is 8.70. The second kappa shape index (κ2) is 4.02. The Hall–Kier alpha value is -1.00. The molecule has 14 heavy (non-hydrogen) atoms. The molecule has 1 heterocycles. The second-order valence-electron chi connectivity index (χ2n) is 3.78. The number of rotatable bonds is 2. The molecule has 1 heteroatoms. The summed E-state index contributed by atoms with van der Waals surface area (Å²) in [5, 5.41) is 0. The highest BCUT2D eigenvalue weighted by atomic mass is 31.1. The molecule has 2 rings (SSSR count). The molecule has 72 valence electrons. The molecule has 0 saturated carbocycles. The van der Waals surface area contributed by atoms with Gasteiger partial charge in [0.15, 0.2) is 0 Å². The smallest absolute Gasteiger partial charge is 0.0111 e. The molecule has 0 spiro atoms. The van der Waals surface area contributed by atoms with Crippen molar-refractivity contribution in [1.29, 1.82) is 0 Å². The van der Waals surface area contributed by atoms with E-state index in [0.717, 1.165) is 0 Å². The fourth-order valence-electron chi connectivity index (χ4n) is 1.62. The van der Waals surface area contributed by atoms with Crippen molar-refractivity contribution < 1.29 is 0 Å². The number of aryl methyl sites for hydroxylation is 2. The van der Waals surface area contributed by atoms with E-state index in [-0.39, 0.29) is 7.53 Å². The molecule has 0 aliphatic rings. The molecule has 0 saturated heterocycles. The Kier molecular flexibility index (Phi) is 2.74. The van der Waals surface area contributed by atoms with Crippen molar-refractivity contribution in [3.8, 4) is 0 Å². The van der Waals surface area contributed by atoms with E-state index < -0.39 is 0 Å². The third kappa shape index (κ3) is 2.08. The molecule has 0 atom stereocenters. The Bertz CT molecular complexity index is 393. The summed E-state index contributed by atoms with van der Waals surface area (Å²) in [4.78, 5) is 0. The van der Waals surface area contributed by atoms with Gasteiger partial charge in [-0.3, -0.25) is 0 Å². The molecule has 2 aromatic rings. The highest BCUT2D eigenvalue weighted by molar-refractivity contribution is 7.48. The molecule has 1 aromatic carbocycles. The summed E-state index contributed by atoms with van der Waals surface area (Å²) < 4.78 is 0. The van der Waals surface area contributed by atoms with E-state index in [2.05, 4.69) is 55.8 Å². The van der Waals surface area contributed by atoms with Gasteiger partial charge in [0, 0.05) is 6.16 Å². The zero-order valence-corrected chi connectivity index (χ0v) is 9.59. The quantitative estimate of drug-likeness (QED) is 0.679. The largest absolute Gasteiger partial charge is 0.120 e. The maximum atomic E-state index is 2.43. The average Bonchev–Trinajstić information content (AvgIpc) is 2.47. The number of hydrogen-bond acceptors (Lipinski definition) is 0. The van der Waals surface area contributed by atoms with Crippen molar-refractivity contribution in [3.05, 3.63) is 58.6 Å². The van der Waals surface area contributed by atoms with E-state index in [1.54, 1.807) is 0 Å². The maximum Gasteiger partial charge on any atom is 0.0111 e. The van der Waals surface area contributed by atoms with Crippen LogP contribution in [0, 0.1) is 13.8 Å². The molecule has 0 bridgehead atoms. The van der Waals surface area contributed by atoms with Gasteiger partial charge in [-0.2, -0.15) is 0 Å². The molecule has 0 fully saturated rings. The maximum absolute atomic E-state index is 2.43. The van der Waals surface area contributed by atoms with Crippen LogP contribution >= 0.6 is 7.53 Å². The van der Waals surface area contributed by atoms with Crippen LogP contribution in [0.5, 0.6) is 0 Å². The highest BCUT2D eigenvalue weighted by Gasteiger charge is 1.99. The molecule has 0 aliphatic carbocycles. The van der Waals surface area contributed by atoms with Gasteiger partial charge < -0.3 is 0 Å². The van der Waals surface area contributed by atoms with E-state index in [1.807, 2.05) is 0 Å². The Morgan fingerprint density at radius 2 is 1.50 bits per heavy atom. The highest BCUT2D eigenvalue weighted by Crippen LogP contribution is 2.35. The summed E-state index contributed by atoms with van der Waals surface area (Å²) in [7, 11) is -0.0242. The Labute approximate surface area is 86.7 Å². The molecular weight excluding hydrogens is 187 g/mol. The van der Waals surface area contributed by atoms with Crippen LogP contribution in [0.1, 0.15) is 16.7 Å². The first-order valence-corrected chi connectivity index (χ1v) is 6.59. The van der Waals surface area contributed by atoms with Crippen molar-refractivity contribution in [2.45, 2.75) is 20.0 Å². The fourth-order valence-corrected chi connectivity index (χ4v) is 3.92. The predicted octanol–water partition coefficient (Wildman–Crippen LogP) is 4.34. The van der Waals surface area contributed by atoms with Gasteiger partial charge in [-0.1, -0.05) is 30.3 Å². The van der Waals surface area contributed by atoms with Crippen molar-refractivity contribution in [2.24, 2.45) is 0 Å². The summed E-state index contributed by atoms with van der Waals surface area (Å²) in [6.07, 6.45) is 1.20. The topological polar surface area (TPSA) is 0 Å². The van der Waals surface area contributed by atoms with Crippen LogP contribution in [-0.2, 0) is 6.16 Å². The van der Waals surface area contributed by atoms with Crippen LogP contribution in [0.3, 0.4) is 0 Å². The molecule has 1 aromatic heterocycles. The summed E-state index contributed by atoms with van der Waals surface area (Å²) in [5.74, 6) is 4.86. The summed E-state index contributed by atoms with van der Waals surface area (Å²) in [6.45, 7) is 4.42. The van der Waals surface area contributed by atoms with Crippen molar-refractivity contribution in [1.82, 2.24) is 0 Å². The molecule has 0 radical (unpaired) electrons. The molecule has 0 aliphatic heterocycles. The monoisotopic (exact) mass is 202 g/mol. The lowest BCUT2D eigenvalue weighted by molar-refractivity contribution is 1.41. The minimum absolute atomic E-state index is 0.0242. The average molecular weight is 202 g/mol. The number of benzene rings is 1. The van der Waals surface area contributed by atoms with Gasteiger partial charge in [0.05, 0.1) is 0 Å². The van der Waals surface area contributed by atoms with Crippen LogP contribution in [0.15, 0.2) is 41.9 Å². The van der Waals surface area contributed by atoms with Crippen molar-refractivity contribution in [3.63, 3.8) is 0 Å². The van der Waals surface area contributed by atoms with E-state index in [9.17, 15) is 0 Å². The first kappa shape index (κ1) is 9.55. The Balaban J connectivity index is 2.19. The van der Waals surface area contributed by atoms with Gasteiger partial charge in [0.2, 0.25) is 0 Å². The van der Waals surface area contributed by atoms with E-state index >= 15 is 0 Å². The van der Waals surface area contributed by atoms with Crippen LogP contribution in [0.4, 0.5) is 0 Å². The molecule has 0 N–H and O–H groups in total. The van der Waals surface area contributed by atoms with Crippen molar-refractivity contribution in [2.75, 3.05) is 0 Å². The third-order valence-corrected chi connectivity index (χ3v) is 4.72. The van der Waals surface area contributed by atoms with E-state index in [0.29, 0.717) is 0 Å². The predicted molar refractivity (Wildman–Crippen MR) is 64.2 cm³/mol. The Morgan fingerprint density at radius 3 is 2.07 bits per heavy atom. The summed E-state index contributed by atoms with van der Waals surface area (Å²) in [5.41, 5.74) is 4.38. The van der Waals surface area contributed by atoms with Crippen LogP contribution in [0.2, 0.25) is 0 Å². The van der Waals surface area contributed by atoms with Gasteiger partial charge in [0.1, 0.15) is 0 Å². The first-order chi connectivity index (χ1) is 6.75. The lowest BCUT2D eigenvalue weighted by Crippen LogP contribution is -1.74. The van der Waals surface area contributed by atoms with Gasteiger partial charge in [0.25, 0.3) is 0 Å². The van der Waals surface area contributed by atoms with Crippen LogP contribution in [-0.4, -0.2) is 0 Å². The van der Waals surface area contributed by atoms with Gasteiger partial charge in [-0.05, 0) is 42.1 Å². The summed E-state index contributed by atoms with van der Waals surface area (Å²) in [6, 6.07) is 10.7. The molecular formula is C13H15P. The SMILES string of the molecule is Cc1cp(Cc2ccccc2)cc1C. The Morgan fingerprint density at radius 1 is 0.929 bits per heavy atom. The van der Waals surface area contributed by atoms with Crippen LogP contribution < -0.4 is 0 Å². The van der Waals surface area contributed by atoms with Gasteiger partial charge in [-0.15, -0.1) is 7.53 Å². The zero-order chi connectivity index (χ0) is 9.97. The lowest BCUT2D eigenvalue weighted by atomic mass is 10.2. The molecule has 0 amide bonds.